The average Bonchev–Trinajstić information content (AvgIpc) is 3.19. The Bertz CT molecular complexity index is 805. The molecule has 2 N–H and O–H groups in total. The Morgan fingerprint density at radius 2 is 1.90 bits per heavy atom. The van der Waals surface area contributed by atoms with Crippen LogP contribution >= 0.6 is 0 Å². The predicted octanol–water partition coefficient (Wildman–Crippen LogP) is 3.26. The van der Waals surface area contributed by atoms with Crippen LogP contribution in [0.25, 0.3) is 0 Å². The maximum Gasteiger partial charge on any atom is 0.227 e. The number of methoxy groups -OCH3 is 1. The second-order valence-corrected chi connectivity index (χ2v) is 7.03. The second-order valence-electron chi connectivity index (χ2n) is 7.03. The van der Waals surface area contributed by atoms with Gasteiger partial charge in [-0.2, -0.15) is 0 Å². The molecule has 1 unspecified atom stereocenters. The van der Waals surface area contributed by atoms with Crippen molar-refractivity contribution < 1.29 is 9.53 Å². The number of anilines is 1. The van der Waals surface area contributed by atoms with Crippen LogP contribution in [-0.4, -0.2) is 38.6 Å². The molecule has 154 valence electrons. The van der Waals surface area contributed by atoms with Gasteiger partial charge in [0.2, 0.25) is 5.91 Å². The van der Waals surface area contributed by atoms with Crippen LogP contribution in [0, 0.1) is 0 Å². The number of aliphatic imine (C=N–C) groups is 1. The van der Waals surface area contributed by atoms with E-state index in [1.165, 1.54) is 0 Å². The molecular weight excluding hydrogens is 364 g/mol. The lowest BCUT2D eigenvalue weighted by atomic mass is 10.1. The molecular formula is C23H30N4O2. The summed E-state index contributed by atoms with van der Waals surface area (Å²) in [4.78, 5) is 18.4. The van der Waals surface area contributed by atoms with E-state index in [1.807, 2.05) is 54.3 Å². The normalized spacial score (nSPS) is 15.4. The zero-order chi connectivity index (χ0) is 20.5. The number of benzene rings is 2. The smallest absolute Gasteiger partial charge is 0.227 e. The molecule has 2 aromatic carbocycles. The monoisotopic (exact) mass is 394 g/mol. The molecule has 1 fully saturated rings. The molecule has 0 radical (unpaired) electrons. The van der Waals surface area contributed by atoms with Gasteiger partial charge in [-0.25, -0.2) is 4.99 Å². The molecule has 6 heteroatoms. The van der Waals surface area contributed by atoms with Crippen LogP contribution in [0.2, 0.25) is 0 Å². The first-order valence-corrected chi connectivity index (χ1v) is 10.2. The summed E-state index contributed by atoms with van der Waals surface area (Å²) in [6.07, 6.45) is 1.54. The quantitative estimate of drug-likeness (QED) is 0.533. The van der Waals surface area contributed by atoms with Crippen molar-refractivity contribution in [1.29, 1.82) is 0 Å². The van der Waals surface area contributed by atoms with Crippen LogP contribution in [-0.2, 0) is 16.1 Å². The van der Waals surface area contributed by atoms with Crippen LogP contribution in [0.15, 0.2) is 59.6 Å². The zero-order valence-electron chi connectivity index (χ0n) is 17.2. The molecule has 1 amide bonds. The Labute approximate surface area is 173 Å². The average molecular weight is 395 g/mol. The van der Waals surface area contributed by atoms with Crippen molar-refractivity contribution in [2.24, 2.45) is 4.99 Å². The first-order chi connectivity index (χ1) is 14.2. The van der Waals surface area contributed by atoms with Gasteiger partial charge in [-0.15, -0.1) is 0 Å². The van der Waals surface area contributed by atoms with Gasteiger partial charge in [-0.1, -0.05) is 42.5 Å². The number of nitrogens with zero attached hydrogens (tertiary/aromatic N) is 2. The minimum Gasteiger partial charge on any atom is -0.375 e. The lowest BCUT2D eigenvalue weighted by molar-refractivity contribution is -0.117. The lowest BCUT2D eigenvalue weighted by Gasteiger charge is -2.19. The molecule has 6 nitrogen and oxygen atoms in total. The Kier molecular flexibility index (Phi) is 7.64. The van der Waals surface area contributed by atoms with Gasteiger partial charge >= 0.3 is 0 Å². The molecule has 1 atom stereocenters. The predicted molar refractivity (Wildman–Crippen MR) is 117 cm³/mol. The number of guanidine groups is 1. The van der Waals surface area contributed by atoms with Gasteiger partial charge in [0.05, 0.1) is 12.6 Å². The van der Waals surface area contributed by atoms with Gasteiger partial charge in [0, 0.05) is 38.9 Å². The van der Waals surface area contributed by atoms with Crippen molar-refractivity contribution in [3.05, 3.63) is 65.7 Å². The van der Waals surface area contributed by atoms with E-state index in [0.717, 1.165) is 42.3 Å². The molecule has 1 heterocycles. The number of hydrogen-bond acceptors (Lipinski definition) is 3. The number of amides is 1. The van der Waals surface area contributed by atoms with Crippen molar-refractivity contribution >= 4 is 17.6 Å². The van der Waals surface area contributed by atoms with Crippen LogP contribution in [0.5, 0.6) is 0 Å². The van der Waals surface area contributed by atoms with E-state index in [1.54, 1.807) is 7.11 Å². The lowest BCUT2D eigenvalue weighted by Crippen LogP contribution is -2.39. The van der Waals surface area contributed by atoms with Crippen molar-refractivity contribution in [2.45, 2.75) is 32.4 Å². The minimum atomic E-state index is -0.0441. The summed E-state index contributed by atoms with van der Waals surface area (Å²) in [7, 11) is 1.72. The van der Waals surface area contributed by atoms with E-state index in [9.17, 15) is 4.79 Å². The largest absolute Gasteiger partial charge is 0.375 e. The summed E-state index contributed by atoms with van der Waals surface area (Å²) in [6.45, 7) is 4.83. The van der Waals surface area contributed by atoms with E-state index in [0.29, 0.717) is 19.5 Å². The summed E-state index contributed by atoms with van der Waals surface area (Å²) in [5.74, 6) is 0.963. The summed E-state index contributed by atoms with van der Waals surface area (Å²) >= 11 is 0. The van der Waals surface area contributed by atoms with Crippen molar-refractivity contribution in [1.82, 2.24) is 10.6 Å². The highest BCUT2D eigenvalue weighted by Crippen LogP contribution is 2.21. The van der Waals surface area contributed by atoms with Gasteiger partial charge in [0.15, 0.2) is 5.96 Å². The molecule has 0 aliphatic carbocycles. The number of carbonyl (C=O) groups excluding carboxylic acids is 1. The summed E-state index contributed by atoms with van der Waals surface area (Å²) in [5, 5.41) is 6.64. The maximum absolute atomic E-state index is 11.9. The molecule has 0 spiro atoms. The fraction of sp³-hybridized carbons (Fsp3) is 0.391. The van der Waals surface area contributed by atoms with Crippen LogP contribution in [0.3, 0.4) is 0 Å². The molecule has 0 bridgehead atoms. The number of ether oxygens (including phenoxy) is 1. The number of nitrogens with one attached hydrogen (secondary N) is 2. The first kappa shape index (κ1) is 20.9. The summed E-state index contributed by atoms with van der Waals surface area (Å²) in [5.41, 5.74) is 3.20. The highest BCUT2D eigenvalue weighted by atomic mass is 16.5. The first-order valence-electron chi connectivity index (χ1n) is 10.2. The van der Waals surface area contributed by atoms with Crippen LogP contribution in [0.1, 0.15) is 37.0 Å². The maximum atomic E-state index is 11.9. The third-order valence-electron chi connectivity index (χ3n) is 5.00. The number of rotatable bonds is 8. The van der Waals surface area contributed by atoms with Gasteiger partial charge in [-0.3, -0.25) is 4.79 Å². The fourth-order valence-corrected chi connectivity index (χ4v) is 3.41. The third kappa shape index (κ3) is 5.81. The minimum absolute atomic E-state index is 0.0441. The Morgan fingerprint density at radius 1 is 1.14 bits per heavy atom. The topological polar surface area (TPSA) is 66.0 Å². The zero-order valence-corrected chi connectivity index (χ0v) is 17.2. The van der Waals surface area contributed by atoms with Gasteiger partial charge < -0.3 is 20.3 Å². The summed E-state index contributed by atoms with van der Waals surface area (Å²) < 4.78 is 5.62. The Hall–Kier alpha value is -2.86. The molecule has 1 aliphatic heterocycles. The fourth-order valence-electron chi connectivity index (χ4n) is 3.41. The standard InChI is InChI=1S/C23H30N4O2/c1-3-24-23(26-17-21(29-2)19-8-5-4-6-9-19)25-16-18-11-13-20(14-12-18)27-15-7-10-22(27)28/h4-6,8-9,11-14,21H,3,7,10,15-17H2,1-2H3,(H2,24,25,26). The van der Waals surface area contributed by atoms with E-state index in [2.05, 4.69) is 27.8 Å². The van der Waals surface area contributed by atoms with E-state index < -0.39 is 0 Å². The molecule has 29 heavy (non-hydrogen) atoms. The van der Waals surface area contributed by atoms with Crippen molar-refractivity contribution in [3.8, 4) is 0 Å². The third-order valence-corrected chi connectivity index (χ3v) is 5.00. The SMILES string of the molecule is CCNC(=NCc1ccc(N2CCCC2=O)cc1)NCC(OC)c1ccccc1. The van der Waals surface area contributed by atoms with E-state index in [4.69, 9.17) is 4.74 Å². The Morgan fingerprint density at radius 3 is 2.52 bits per heavy atom. The van der Waals surface area contributed by atoms with Gasteiger partial charge in [-0.05, 0) is 36.6 Å². The molecule has 1 saturated heterocycles. The molecule has 3 rings (SSSR count). The number of hydrogen-bond donors (Lipinski definition) is 2. The van der Waals surface area contributed by atoms with E-state index in [-0.39, 0.29) is 12.0 Å². The summed E-state index contributed by atoms with van der Waals surface area (Å²) in [6, 6.07) is 18.2. The number of carbonyl (C=O) groups is 1. The molecule has 0 saturated carbocycles. The highest BCUT2D eigenvalue weighted by molar-refractivity contribution is 5.95. The van der Waals surface area contributed by atoms with E-state index >= 15 is 0 Å². The second kappa shape index (κ2) is 10.6. The van der Waals surface area contributed by atoms with Gasteiger partial charge in [0.1, 0.15) is 0 Å². The molecule has 2 aromatic rings. The highest BCUT2D eigenvalue weighted by Gasteiger charge is 2.21. The van der Waals surface area contributed by atoms with Crippen molar-refractivity contribution in [3.63, 3.8) is 0 Å². The Balaban J connectivity index is 1.59. The molecule has 0 aromatic heterocycles. The van der Waals surface area contributed by atoms with Crippen LogP contribution < -0.4 is 15.5 Å². The molecule has 1 aliphatic rings. The van der Waals surface area contributed by atoms with Gasteiger partial charge in [0.25, 0.3) is 0 Å². The van der Waals surface area contributed by atoms with Crippen molar-refractivity contribution in [2.75, 3.05) is 31.6 Å². The van der Waals surface area contributed by atoms with Crippen LogP contribution in [0.4, 0.5) is 5.69 Å².